The van der Waals surface area contributed by atoms with Crippen LogP contribution >= 0.6 is 12.4 Å². The minimum atomic E-state index is -0.509. The molecule has 0 heterocycles. The average molecular weight is 214 g/mol. The maximum Gasteiger partial charge on any atom is 0.248 e. The highest BCUT2D eigenvalue weighted by molar-refractivity contribution is 5.99. The smallest absolute Gasteiger partial charge is 0.248 e. The molecule has 1 aromatic carbocycles. The van der Waals surface area contributed by atoms with E-state index in [9.17, 15) is 9.59 Å². The first-order valence-corrected chi connectivity index (χ1v) is 4.08. The Balaban J connectivity index is 0.00000169. The Bertz CT molecular complexity index is 350. The summed E-state index contributed by atoms with van der Waals surface area (Å²) < 4.78 is 0. The summed E-state index contributed by atoms with van der Waals surface area (Å²) in [7, 11) is 0. The van der Waals surface area contributed by atoms with E-state index in [-0.39, 0.29) is 18.2 Å². The molecular weight excluding hydrogens is 202 g/mol. The van der Waals surface area contributed by atoms with Gasteiger partial charge in [0.25, 0.3) is 0 Å². The fourth-order valence-corrected chi connectivity index (χ4v) is 1.05. The lowest BCUT2D eigenvalue weighted by molar-refractivity contribution is 0.0988. The van der Waals surface area contributed by atoms with Gasteiger partial charge in [0, 0.05) is 17.5 Å². The molecule has 1 rings (SSSR count). The van der Waals surface area contributed by atoms with Crippen molar-refractivity contribution in [2.24, 2.45) is 5.73 Å². The summed E-state index contributed by atoms with van der Waals surface area (Å²) in [6.45, 7) is 1.78. The van der Waals surface area contributed by atoms with Gasteiger partial charge in [0.15, 0.2) is 5.78 Å². The second-order valence-corrected chi connectivity index (χ2v) is 2.72. The van der Waals surface area contributed by atoms with Crippen molar-refractivity contribution in [3.8, 4) is 0 Å². The van der Waals surface area contributed by atoms with Crippen LogP contribution < -0.4 is 5.73 Å². The van der Waals surface area contributed by atoms with Crippen molar-refractivity contribution in [2.45, 2.75) is 13.3 Å². The zero-order valence-electron chi connectivity index (χ0n) is 7.82. The third-order valence-electron chi connectivity index (χ3n) is 1.79. The quantitative estimate of drug-likeness (QED) is 0.779. The van der Waals surface area contributed by atoms with Gasteiger partial charge in [-0.2, -0.15) is 0 Å². The highest BCUT2D eigenvalue weighted by Gasteiger charge is 2.05. The Hall–Kier alpha value is -1.35. The number of hydrogen-bond donors (Lipinski definition) is 1. The van der Waals surface area contributed by atoms with Crippen LogP contribution in [0.4, 0.5) is 0 Å². The van der Waals surface area contributed by atoms with Crippen molar-refractivity contribution in [3.05, 3.63) is 35.4 Å². The molecule has 0 unspecified atom stereocenters. The van der Waals surface area contributed by atoms with Crippen LogP contribution in [0.15, 0.2) is 24.3 Å². The summed E-state index contributed by atoms with van der Waals surface area (Å²) in [6, 6.07) is 6.45. The standard InChI is InChI=1S/C10H11NO2.ClH/c1-2-9(12)7-4-3-5-8(6-7)10(11)13;/h3-6H,2H2,1H3,(H2,11,13);1H. The lowest BCUT2D eigenvalue weighted by Gasteiger charge is -1.99. The number of rotatable bonds is 3. The molecule has 14 heavy (non-hydrogen) atoms. The van der Waals surface area contributed by atoms with Crippen LogP contribution in [-0.4, -0.2) is 11.7 Å². The number of primary amides is 1. The zero-order chi connectivity index (χ0) is 9.84. The van der Waals surface area contributed by atoms with E-state index in [0.29, 0.717) is 17.5 Å². The summed E-state index contributed by atoms with van der Waals surface area (Å²) in [4.78, 5) is 22.0. The van der Waals surface area contributed by atoms with Gasteiger partial charge >= 0.3 is 0 Å². The van der Waals surface area contributed by atoms with E-state index < -0.39 is 5.91 Å². The number of hydrogen-bond acceptors (Lipinski definition) is 2. The monoisotopic (exact) mass is 213 g/mol. The molecule has 76 valence electrons. The van der Waals surface area contributed by atoms with E-state index >= 15 is 0 Å². The van der Waals surface area contributed by atoms with Crippen molar-refractivity contribution in [2.75, 3.05) is 0 Å². The molecule has 1 amide bonds. The molecular formula is C10H12ClNO2. The van der Waals surface area contributed by atoms with Gasteiger partial charge in [0.2, 0.25) is 5.91 Å². The van der Waals surface area contributed by atoms with Crippen LogP contribution in [-0.2, 0) is 0 Å². The van der Waals surface area contributed by atoms with Crippen molar-refractivity contribution in [1.29, 1.82) is 0 Å². The summed E-state index contributed by atoms with van der Waals surface area (Å²) in [5.74, 6) is -0.492. The maximum atomic E-state index is 11.2. The number of carbonyl (C=O) groups excluding carboxylic acids is 2. The van der Waals surface area contributed by atoms with Gasteiger partial charge < -0.3 is 5.73 Å². The number of halogens is 1. The van der Waals surface area contributed by atoms with E-state index in [1.54, 1.807) is 25.1 Å². The second kappa shape index (κ2) is 5.40. The molecule has 0 aliphatic rings. The van der Waals surface area contributed by atoms with Gasteiger partial charge in [0.05, 0.1) is 0 Å². The maximum absolute atomic E-state index is 11.2. The topological polar surface area (TPSA) is 60.2 Å². The predicted octanol–water partition coefficient (Wildman–Crippen LogP) is 1.80. The van der Waals surface area contributed by atoms with Crippen LogP contribution in [0.25, 0.3) is 0 Å². The first-order valence-electron chi connectivity index (χ1n) is 4.08. The molecule has 0 atom stereocenters. The molecule has 0 aliphatic heterocycles. The Labute approximate surface area is 88.7 Å². The van der Waals surface area contributed by atoms with Gasteiger partial charge in [-0.15, -0.1) is 12.4 Å². The summed E-state index contributed by atoms with van der Waals surface area (Å²) in [5.41, 5.74) is 5.99. The number of amides is 1. The van der Waals surface area contributed by atoms with E-state index in [0.717, 1.165) is 0 Å². The van der Waals surface area contributed by atoms with E-state index in [1.165, 1.54) is 6.07 Å². The summed E-state index contributed by atoms with van der Waals surface area (Å²) in [6.07, 6.45) is 0.433. The lowest BCUT2D eigenvalue weighted by atomic mass is 10.1. The third kappa shape index (κ3) is 2.85. The largest absolute Gasteiger partial charge is 0.366 e. The van der Waals surface area contributed by atoms with Crippen LogP contribution in [0.5, 0.6) is 0 Å². The van der Waals surface area contributed by atoms with Crippen molar-refractivity contribution < 1.29 is 9.59 Å². The second-order valence-electron chi connectivity index (χ2n) is 2.72. The summed E-state index contributed by atoms with van der Waals surface area (Å²) in [5, 5.41) is 0. The van der Waals surface area contributed by atoms with E-state index in [2.05, 4.69) is 0 Å². The first kappa shape index (κ1) is 12.7. The van der Waals surface area contributed by atoms with Gasteiger partial charge in [-0.3, -0.25) is 9.59 Å². The fraction of sp³-hybridized carbons (Fsp3) is 0.200. The number of Topliss-reactive ketones (excluding diaryl/α,β-unsaturated/α-hetero) is 1. The van der Waals surface area contributed by atoms with Gasteiger partial charge in [-0.1, -0.05) is 19.1 Å². The van der Waals surface area contributed by atoms with Crippen molar-refractivity contribution >= 4 is 24.1 Å². The minimum Gasteiger partial charge on any atom is -0.366 e. The minimum absolute atomic E-state index is 0. The lowest BCUT2D eigenvalue weighted by Crippen LogP contribution is -2.11. The average Bonchev–Trinajstić information content (AvgIpc) is 2.17. The highest BCUT2D eigenvalue weighted by atomic mass is 35.5. The Morgan fingerprint density at radius 2 is 1.86 bits per heavy atom. The van der Waals surface area contributed by atoms with Crippen LogP contribution in [0, 0.1) is 0 Å². The van der Waals surface area contributed by atoms with Gasteiger partial charge in [-0.05, 0) is 12.1 Å². The molecule has 4 heteroatoms. The SMILES string of the molecule is CCC(=O)c1cccc(C(N)=O)c1.Cl. The Morgan fingerprint density at radius 1 is 1.29 bits per heavy atom. The number of nitrogens with two attached hydrogens (primary N) is 1. The van der Waals surface area contributed by atoms with E-state index in [4.69, 9.17) is 5.73 Å². The third-order valence-corrected chi connectivity index (χ3v) is 1.79. The van der Waals surface area contributed by atoms with Crippen molar-refractivity contribution in [3.63, 3.8) is 0 Å². The molecule has 3 nitrogen and oxygen atoms in total. The Morgan fingerprint density at radius 3 is 2.36 bits per heavy atom. The Kier molecular flexibility index (Phi) is 4.87. The van der Waals surface area contributed by atoms with Gasteiger partial charge in [-0.25, -0.2) is 0 Å². The number of carbonyl (C=O) groups is 2. The zero-order valence-corrected chi connectivity index (χ0v) is 8.64. The molecule has 0 bridgehead atoms. The summed E-state index contributed by atoms with van der Waals surface area (Å²) >= 11 is 0. The van der Waals surface area contributed by atoms with Crippen molar-refractivity contribution in [1.82, 2.24) is 0 Å². The molecule has 0 spiro atoms. The molecule has 0 saturated heterocycles. The molecule has 1 aromatic rings. The molecule has 0 saturated carbocycles. The molecule has 0 fully saturated rings. The highest BCUT2D eigenvalue weighted by Crippen LogP contribution is 2.06. The molecule has 0 aromatic heterocycles. The first-order chi connectivity index (χ1) is 6.15. The molecule has 2 N–H and O–H groups in total. The van der Waals surface area contributed by atoms with Gasteiger partial charge in [0.1, 0.15) is 0 Å². The number of ketones is 1. The predicted molar refractivity (Wildman–Crippen MR) is 56.8 cm³/mol. The van der Waals surface area contributed by atoms with Crippen LogP contribution in [0.2, 0.25) is 0 Å². The fourth-order valence-electron chi connectivity index (χ4n) is 1.05. The van der Waals surface area contributed by atoms with Crippen LogP contribution in [0.1, 0.15) is 34.1 Å². The number of benzene rings is 1. The molecule has 0 radical (unpaired) electrons. The van der Waals surface area contributed by atoms with Crippen LogP contribution in [0.3, 0.4) is 0 Å². The van der Waals surface area contributed by atoms with E-state index in [1.807, 2.05) is 0 Å². The normalized spacial score (nSPS) is 8.93. The molecule has 0 aliphatic carbocycles.